The number of carbonyl (C=O) groups excluding carboxylic acids is 1. The van der Waals surface area contributed by atoms with Crippen molar-refractivity contribution in [1.29, 1.82) is 5.26 Å². The maximum Gasteiger partial charge on any atom is 0.323 e. The van der Waals surface area contributed by atoms with Crippen LogP contribution < -0.4 is 5.73 Å². The van der Waals surface area contributed by atoms with E-state index in [9.17, 15) is 4.79 Å². The van der Waals surface area contributed by atoms with E-state index in [0.29, 0.717) is 13.0 Å². The Morgan fingerprint density at radius 1 is 1.44 bits per heavy atom. The molecule has 0 saturated heterocycles. The predicted molar refractivity (Wildman–Crippen MR) is 59.0 cm³/mol. The quantitative estimate of drug-likeness (QED) is 0.754. The van der Waals surface area contributed by atoms with Gasteiger partial charge in [-0.2, -0.15) is 5.26 Å². The van der Waals surface area contributed by atoms with Gasteiger partial charge in [-0.1, -0.05) is 30.3 Å². The van der Waals surface area contributed by atoms with E-state index in [1.54, 1.807) is 0 Å². The number of hydrogen-bond acceptors (Lipinski definition) is 4. The zero-order valence-corrected chi connectivity index (χ0v) is 8.93. The molecule has 2 N–H and O–H groups in total. The van der Waals surface area contributed by atoms with Gasteiger partial charge in [-0.25, -0.2) is 0 Å². The molecule has 0 aliphatic heterocycles. The Morgan fingerprint density at radius 3 is 2.69 bits per heavy atom. The summed E-state index contributed by atoms with van der Waals surface area (Å²) in [6.45, 7) is 0.501. The van der Waals surface area contributed by atoms with E-state index in [-0.39, 0.29) is 6.61 Å². The minimum absolute atomic E-state index is 0.197. The Bertz CT molecular complexity index is 370. The number of rotatable bonds is 5. The molecule has 1 aromatic carbocycles. The molecule has 0 fully saturated rings. The summed E-state index contributed by atoms with van der Waals surface area (Å²) in [5, 5.41) is 8.72. The van der Waals surface area contributed by atoms with Gasteiger partial charge in [-0.3, -0.25) is 4.79 Å². The molecule has 4 nitrogen and oxygen atoms in total. The van der Waals surface area contributed by atoms with E-state index >= 15 is 0 Å². The summed E-state index contributed by atoms with van der Waals surface area (Å²) in [6.07, 6.45) is 0.337. The molecule has 1 rings (SSSR count). The molecular weight excluding hydrogens is 204 g/mol. The summed E-state index contributed by atoms with van der Waals surface area (Å²) in [6, 6.07) is 11.2. The average molecular weight is 218 g/mol. The first-order chi connectivity index (χ1) is 7.77. The fourth-order valence-corrected chi connectivity index (χ4v) is 1.23. The summed E-state index contributed by atoms with van der Waals surface area (Å²) in [5.41, 5.74) is 6.19. The van der Waals surface area contributed by atoms with Gasteiger partial charge in [0.25, 0.3) is 0 Å². The molecule has 0 amide bonds. The van der Waals surface area contributed by atoms with Crippen LogP contribution in [0.2, 0.25) is 0 Å². The van der Waals surface area contributed by atoms with Crippen LogP contribution in [0.4, 0.5) is 0 Å². The standard InChI is InChI=1S/C12H14N2O2/c13-7-6-11(8-14)12(15)16-9-10-4-2-1-3-5-10/h1-5,11H,6-7,9,13H2. The minimum atomic E-state index is -0.756. The van der Waals surface area contributed by atoms with Crippen LogP contribution in [0.1, 0.15) is 12.0 Å². The summed E-state index contributed by atoms with van der Waals surface area (Å²) in [4.78, 5) is 11.4. The van der Waals surface area contributed by atoms with Gasteiger partial charge in [0.1, 0.15) is 12.5 Å². The summed E-state index contributed by atoms with van der Waals surface area (Å²) >= 11 is 0. The minimum Gasteiger partial charge on any atom is -0.460 e. The van der Waals surface area contributed by atoms with Crippen molar-refractivity contribution < 1.29 is 9.53 Å². The number of benzene rings is 1. The third-order valence-corrected chi connectivity index (χ3v) is 2.12. The van der Waals surface area contributed by atoms with Crippen molar-refractivity contribution in [3.63, 3.8) is 0 Å². The Morgan fingerprint density at radius 2 is 2.12 bits per heavy atom. The van der Waals surface area contributed by atoms with Crippen LogP contribution in [-0.2, 0) is 16.1 Å². The van der Waals surface area contributed by atoms with E-state index in [1.807, 2.05) is 36.4 Å². The molecule has 1 aromatic rings. The zero-order chi connectivity index (χ0) is 11.8. The van der Waals surface area contributed by atoms with Crippen LogP contribution >= 0.6 is 0 Å². The van der Waals surface area contributed by atoms with Gasteiger partial charge in [0.2, 0.25) is 0 Å². The van der Waals surface area contributed by atoms with Gasteiger partial charge in [-0.15, -0.1) is 0 Å². The van der Waals surface area contributed by atoms with E-state index in [2.05, 4.69) is 0 Å². The summed E-state index contributed by atoms with van der Waals surface area (Å²) in [7, 11) is 0. The Labute approximate surface area is 94.6 Å². The van der Waals surface area contributed by atoms with Crippen molar-refractivity contribution in [2.45, 2.75) is 13.0 Å². The molecule has 1 atom stereocenters. The Hall–Kier alpha value is -1.86. The highest BCUT2D eigenvalue weighted by atomic mass is 16.5. The average Bonchev–Trinajstić information content (AvgIpc) is 2.34. The van der Waals surface area contributed by atoms with Gasteiger partial charge in [-0.05, 0) is 18.5 Å². The van der Waals surface area contributed by atoms with Crippen molar-refractivity contribution in [3.05, 3.63) is 35.9 Å². The number of nitrogens with two attached hydrogens (primary N) is 1. The molecule has 0 heterocycles. The van der Waals surface area contributed by atoms with Crippen molar-refractivity contribution in [2.75, 3.05) is 6.54 Å². The van der Waals surface area contributed by atoms with E-state index in [4.69, 9.17) is 15.7 Å². The van der Waals surface area contributed by atoms with Crippen molar-refractivity contribution in [3.8, 4) is 6.07 Å². The Kier molecular flexibility index (Phi) is 5.03. The second-order valence-corrected chi connectivity index (χ2v) is 3.35. The molecule has 84 valence electrons. The smallest absolute Gasteiger partial charge is 0.323 e. The van der Waals surface area contributed by atoms with Crippen LogP contribution in [0.3, 0.4) is 0 Å². The van der Waals surface area contributed by atoms with Gasteiger partial charge < -0.3 is 10.5 Å². The second-order valence-electron chi connectivity index (χ2n) is 3.35. The highest BCUT2D eigenvalue weighted by Gasteiger charge is 2.18. The summed E-state index contributed by atoms with van der Waals surface area (Å²) < 4.78 is 5.02. The molecule has 0 aromatic heterocycles. The molecule has 16 heavy (non-hydrogen) atoms. The van der Waals surface area contributed by atoms with E-state index in [0.717, 1.165) is 5.56 Å². The number of nitrogens with zero attached hydrogens (tertiary/aromatic N) is 1. The molecular formula is C12H14N2O2. The highest BCUT2D eigenvalue weighted by molar-refractivity contribution is 5.75. The van der Waals surface area contributed by atoms with Gasteiger partial charge in [0, 0.05) is 0 Å². The van der Waals surface area contributed by atoms with Crippen molar-refractivity contribution in [1.82, 2.24) is 0 Å². The number of carbonyl (C=O) groups is 1. The lowest BCUT2D eigenvalue weighted by Crippen LogP contribution is -2.19. The molecule has 0 aliphatic carbocycles. The highest BCUT2D eigenvalue weighted by Crippen LogP contribution is 2.06. The van der Waals surface area contributed by atoms with Gasteiger partial charge in [0.15, 0.2) is 0 Å². The second kappa shape index (κ2) is 6.59. The number of esters is 1. The molecule has 0 aliphatic rings. The van der Waals surface area contributed by atoms with Crippen LogP contribution in [0, 0.1) is 17.2 Å². The summed E-state index contributed by atoms with van der Waals surface area (Å²) in [5.74, 6) is -1.26. The topological polar surface area (TPSA) is 76.1 Å². The van der Waals surface area contributed by atoms with Crippen molar-refractivity contribution >= 4 is 5.97 Å². The molecule has 1 unspecified atom stereocenters. The molecule has 0 spiro atoms. The molecule has 0 saturated carbocycles. The van der Waals surface area contributed by atoms with Crippen LogP contribution in [0.5, 0.6) is 0 Å². The number of hydrogen-bond donors (Lipinski definition) is 1. The first kappa shape index (κ1) is 12.2. The lowest BCUT2D eigenvalue weighted by Gasteiger charge is -2.08. The monoisotopic (exact) mass is 218 g/mol. The van der Waals surface area contributed by atoms with Gasteiger partial charge in [0.05, 0.1) is 6.07 Å². The SMILES string of the molecule is N#CC(CCN)C(=O)OCc1ccccc1. The maximum atomic E-state index is 11.4. The molecule has 4 heteroatoms. The first-order valence-electron chi connectivity index (χ1n) is 5.08. The van der Waals surface area contributed by atoms with Crippen LogP contribution in [0.15, 0.2) is 30.3 Å². The third kappa shape index (κ3) is 3.71. The fraction of sp³-hybridized carbons (Fsp3) is 0.333. The lowest BCUT2D eigenvalue weighted by molar-refractivity contribution is -0.148. The zero-order valence-electron chi connectivity index (χ0n) is 8.93. The largest absolute Gasteiger partial charge is 0.460 e. The van der Waals surface area contributed by atoms with E-state index in [1.165, 1.54) is 0 Å². The van der Waals surface area contributed by atoms with Crippen LogP contribution in [0.25, 0.3) is 0 Å². The first-order valence-corrected chi connectivity index (χ1v) is 5.08. The third-order valence-electron chi connectivity index (χ3n) is 2.12. The number of nitriles is 1. The maximum absolute atomic E-state index is 11.4. The van der Waals surface area contributed by atoms with E-state index < -0.39 is 11.9 Å². The normalized spacial score (nSPS) is 11.5. The molecule has 0 radical (unpaired) electrons. The van der Waals surface area contributed by atoms with Crippen molar-refractivity contribution in [2.24, 2.45) is 11.7 Å². The van der Waals surface area contributed by atoms with Gasteiger partial charge >= 0.3 is 5.97 Å². The number of ether oxygens (including phenoxy) is 1. The lowest BCUT2D eigenvalue weighted by atomic mass is 10.1. The predicted octanol–water partition coefficient (Wildman–Crippen LogP) is 1.22. The van der Waals surface area contributed by atoms with Crippen LogP contribution in [-0.4, -0.2) is 12.5 Å². The molecule has 0 bridgehead atoms. The fourth-order valence-electron chi connectivity index (χ4n) is 1.23. The Balaban J connectivity index is 2.44.